The molecule has 1 atom stereocenters. The van der Waals surface area contributed by atoms with E-state index in [4.69, 9.17) is 5.73 Å². The van der Waals surface area contributed by atoms with E-state index in [1.54, 1.807) is 0 Å². The lowest BCUT2D eigenvalue weighted by atomic mass is 10.1. The van der Waals surface area contributed by atoms with E-state index >= 15 is 0 Å². The number of nitrogens with zero attached hydrogens (tertiary/aromatic N) is 1. The van der Waals surface area contributed by atoms with Gasteiger partial charge in [0.25, 0.3) is 0 Å². The SMILES string of the molecule is CCCCCCCCCC(N)N(CC)CC. The van der Waals surface area contributed by atoms with Gasteiger partial charge in [-0.25, -0.2) is 0 Å². The fraction of sp³-hybridized carbons (Fsp3) is 1.00. The van der Waals surface area contributed by atoms with Crippen molar-refractivity contribution in [1.82, 2.24) is 4.90 Å². The van der Waals surface area contributed by atoms with Gasteiger partial charge < -0.3 is 5.73 Å². The van der Waals surface area contributed by atoms with E-state index in [9.17, 15) is 0 Å². The van der Waals surface area contributed by atoms with Gasteiger partial charge in [-0.15, -0.1) is 0 Å². The topological polar surface area (TPSA) is 29.3 Å². The maximum atomic E-state index is 6.13. The van der Waals surface area contributed by atoms with Gasteiger partial charge in [0.05, 0.1) is 6.17 Å². The Bertz CT molecular complexity index is 133. The average molecular weight is 228 g/mol. The highest BCUT2D eigenvalue weighted by molar-refractivity contribution is 4.62. The molecule has 2 heteroatoms. The van der Waals surface area contributed by atoms with Crippen LogP contribution in [0.5, 0.6) is 0 Å². The molecule has 0 heterocycles. The third-order valence-corrected chi connectivity index (χ3v) is 3.38. The van der Waals surface area contributed by atoms with Crippen LogP contribution in [0.15, 0.2) is 0 Å². The van der Waals surface area contributed by atoms with Crippen LogP contribution in [-0.4, -0.2) is 24.2 Å². The molecule has 0 aromatic rings. The molecule has 0 aliphatic heterocycles. The van der Waals surface area contributed by atoms with Crippen molar-refractivity contribution >= 4 is 0 Å². The molecular formula is C14H32N2. The lowest BCUT2D eigenvalue weighted by molar-refractivity contribution is 0.207. The van der Waals surface area contributed by atoms with Crippen LogP contribution in [0.1, 0.15) is 72.1 Å². The van der Waals surface area contributed by atoms with E-state index in [1.807, 2.05) is 0 Å². The Morgan fingerprint density at radius 2 is 1.31 bits per heavy atom. The number of rotatable bonds is 11. The number of unbranched alkanes of at least 4 members (excludes halogenated alkanes) is 6. The molecule has 2 nitrogen and oxygen atoms in total. The number of nitrogens with two attached hydrogens (primary N) is 1. The molecule has 98 valence electrons. The smallest absolute Gasteiger partial charge is 0.0571 e. The summed E-state index contributed by atoms with van der Waals surface area (Å²) in [6.07, 6.45) is 11.1. The molecule has 1 unspecified atom stereocenters. The second-order valence-electron chi connectivity index (χ2n) is 4.70. The third kappa shape index (κ3) is 8.12. The molecule has 0 bridgehead atoms. The first-order valence-corrected chi connectivity index (χ1v) is 7.25. The van der Waals surface area contributed by atoms with Gasteiger partial charge in [0.2, 0.25) is 0 Å². The Labute approximate surface area is 103 Å². The molecular weight excluding hydrogens is 196 g/mol. The largest absolute Gasteiger partial charge is 0.316 e. The van der Waals surface area contributed by atoms with Gasteiger partial charge >= 0.3 is 0 Å². The molecule has 16 heavy (non-hydrogen) atoms. The average Bonchev–Trinajstić information content (AvgIpc) is 2.29. The van der Waals surface area contributed by atoms with Crippen LogP contribution in [0, 0.1) is 0 Å². The first kappa shape index (κ1) is 15.9. The van der Waals surface area contributed by atoms with Crippen molar-refractivity contribution in [3.05, 3.63) is 0 Å². The van der Waals surface area contributed by atoms with Gasteiger partial charge in [-0.1, -0.05) is 65.7 Å². The molecule has 0 aliphatic rings. The minimum atomic E-state index is 0.283. The summed E-state index contributed by atoms with van der Waals surface area (Å²) in [5.74, 6) is 0. The summed E-state index contributed by atoms with van der Waals surface area (Å²) in [6, 6.07) is 0. The zero-order chi connectivity index (χ0) is 12.2. The normalized spacial score (nSPS) is 13.3. The molecule has 0 saturated carbocycles. The summed E-state index contributed by atoms with van der Waals surface area (Å²) in [4.78, 5) is 2.34. The fourth-order valence-corrected chi connectivity index (χ4v) is 2.19. The molecule has 0 radical (unpaired) electrons. The van der Waals surface area contributed by atoms with Crippen LogP contribution in [-0.2, 0) is 0 Å². The molecule has 0 fully saturated rings. The van der Waals surface area contributed by atoms with Crippen molar-refractivity contribution in [1.29, 1.82) is 0 Å². The zero-order valence-electron chi connectivity index (χ0n) is 11.7. The molecule has 0 aromatic carbocycles. The fourth-order valence-electron chi connectivity index (χ4n) is 2.19. The predicted molar refractivity (Wildman–Crippen MR) is 73.5 cm³/mol. The van der Waals surface area contributed by atoms with Gasteiger partial charge in [0.15, 0.2) is 0 Å². The van der Waals surface area contributed by atoms with Gasteiger partial charge in [0.1, 0.15) is 0 Å². The second kappa shape index (κ2) is 11.4. The molecule has 0 aliphatic carbocycles. The van der Waals surface area contributed by atoms with E-state index in [2.05, 4.69) is 25.7 Å². The van der Waals surface area contributed by atoms with Crippen molar-refractivity contribution in [3.63, 3.8) is 0 Å². The van der Waals surface area contributed by atoms with Crippen molar-refractivity contribution in [2.45, 2.75) is 78.3 Å². The van der Waals surface area contributed by atoms with Crippen LogP contribution in [0.4, 0.5) is 0 Å². The van der Waals surface area contributed by atoms with E-state index in [1.165, 1.54) is 44.9 Å². The minimum Gasteiger partial charge on any atom is -0.316 e. The van der Waals surface area contributed by atoms with Crippen molar-refractivity contribution < 1.29 is 0 Å². The second-order valence-corrected chi connectivity index (χ2v) is 4.70. The van der Waals surface area contributed by atoms with E-state index in [0.29, 0.717) is 0 Å². The highest BCUT2D eigenvalue weighted by Gasteiger charge is 2.08. The predicted octanol–water partition coefficient (Wildman–Crippen LogP) is 3.75. The van der Waals surface area contributed by atoms with Crippen LogP contribution in [0.2, 0.25) is 0 Å². The molecule has 0 amide bonds. The molecule has 0 spiro atoms. The summed E-state index contributed by atoms with van der Waals surface area (Å²) < 4.78 is 0. The standard InChI is InChI=1S/C14H32N2/c1-4-7-8-9-10-11-12-13-14(15)16(5-2)6-3/h14H,4-13,15H2,1-3H3. The highest BCUT2D eigenvalue weighted by Crippen LogP contribution is 2.10. The van der Waals surface area contributed by atoms with E-state index < -0.39 is 0 Å². The van der Waals surface area contributed by atoms with Gasteiger partial charge in [-0.3, -0.25) is 4.90 Å². The Morgan fingerprint density at radius 1 is 0.812 bits per heavy atom. The quantitative estimate of drug-likeness (QED) is 0.431. The van der Waals surface area contributed by atoms with E-state index in [0.717, 1.165) is 19.5 Å². The van der Waals surface area contributed by atoms with Crippen molar-refractivity contribution in [2.75, 3.05) is 13.1 Å². The summed E-state index contributed by atoms with van der Waals surface area (Å²) in [5.41, 5.74) is 6.13. The van der Waals surface area contributed by atoms with Crippen LogP contribution in [0.3, 0.4) is 0 Å². The monoisotopic (exact) mass is 228 g/mol. The Hall–Kier alpha value is -0.0800. The minimum absolute atomic E-state index is 0.283. The lowest BCUT2D eigenvalue weighted by Gasteiger charge is -2.25. The molecule has 0 rings (SSSR count). The van der Waals surface area contributed by atoms with Gasteiger partial charge in [-0.2, -0.15) is 0 Å². The lowest BCUT2D eigenvalue weighted by Crippen LogP contribution is -2.41. The van der Waals surface area contributed by atoms with Crippen molar-refractivity contribution in [3.8, 4) is 0 Å². The van der Waals surface area contributed by atoms with E-state index in [-0.39, 0.29) is 6.17 Å². The maximum Gasteiger partial charge on any atom is 0.0571 e. The van der Waals surface area contributed by atoms with Crippen LogP contribution >= 0.6 is 0 Å². The molecule has 0 aromatic heterocycles. The van der Waals surface area contributed by atoms with Crippen molar-refractivity contribution in [2.24, 2.45) is 5.73 Å². The molecule has 2 N–H and O–H groups in total. The van der Waals surface area contributed by atoms with Crippen LogP contribution in [0.25, 0.3) is 0 Å². The highest BCUT2D eigenvalue weighted by atomic mass is 15.2. The van der Waals surface area contributed by atoms with Crippen LogP contribution < -0.4 is 5.73 Å². The maximum absolute atomic E-state index is 6.13. The van der Waals surface area contributed by atoms with Gasteiger partial charge in [-0.05, 0) is 19.5 Å². The Kier molecular flexibility index (Phi) is 11.3. The van der Waals surface area contributed by atoms with Gasteiger partial charge in [0, 0.05) is 0 Å². The number of hydrogen-bond donors (Lipinski definition) is 1. The third-order valence-electron chi connectivity index (χ3n) is 3.38. The Balaban J connectivity index is 3.30. The number of hydrogen-bond acceptors (Lipinski definition) is 2. The zero-order valence-corrected chi connectivity index (χ0v) is 11.7. The summed E-state index contributed by atoms with van der Waals surface area (Å²) in [5, 5.41) is 0. The summed E-state index contributed by atoms with van der Waals surface area (Å²) in [6.45, 7) is 8.80. The Morgan fingerprint density at radius 3 is 1.81 bits per heavy atom. The summed E-state index contributed by atoms with van der Waals surface area (Å²) in [7, 11) is 0. The first-order chi connectivity index (χ1) is 7.76. The first-order valence-electron chi connectivity index (χ1n) is 7.25. The summed E-state index contributed by atoms with van der Waals surface area (Å²) >= 11 is 0. The molecule has 0 saturated heterocycles.